The van der Waals surface area contributed by atoms with Crippen LogP contribution in [0.4, 0.5) is 0 Å². The molecule has 6 heteroatoms. The van der Waals surface area contributed by atoms with E-state index in [1.165, 1.54) is 11.3 Å². The zero-order valence-corrected chi connectivity index (χ0v) is 18.6. The first-order valence-corrected chi connectivity index (χ1v) is 8.86. The van der Waals surface area contributed by atoms with Crippen molar-refractivity contribution in [2.45, 2.75) is 26.3 Å². The SMILES string of the molecule is CCNC(=NCCCc1cccc(OC)c1)N(C)Cc1cccn1C.I. The highest BCUT2D eigenvalue weighted by Crippen LogP contribution is 2.14. The number of rotatable bonds is 8. The summed E-state index contributed by atoms with van der Waals surface area (Å²) in [5.74, 6) is 1.87. The number of guanidine groups is 1. The first kappa shape index (κ1) is 22.3. The molecule has 1 aromatic heterocycles. The van der Waals surface area contributed by atoms with Crippen LogP contribution in [0.15, 0.2) is 47.6 Å². The summed E-state index contributed by atoms with van der Waals surface area (Å²) in [6, 6.07) is 12.5. The first-order chi connectivity index (χ1) is 12.1. The zero-order valence-electron chi connectivity index (χ0n) is 16.2. The van der Waals surface area contributed by atoms with Crippen molar-refractivity contribution in [3.8, 4) is 5.75 Å². The number of hydrogen-bond donors (Lipinski definition) is 1. The molecule has 2 aromatic rings. The van der Waals surface area contributed by atoms with E-state index in [-0.39, 0.29) is 24.0 Å². The maximum atomic E-state index is 5.28. The van der Waals surface area contributed by atoms with Gasteiger partial charge in [-0.1, -0.05) is 12.1 Å². The molecule has 1 aromatic carbocycles. The monoisotopic (exact) mass is 470 g/mol. The second-order valence-corrected chi connectivity index (χ2v) is 6.16. The number of hydrogen-bond acceptors (Lipinski definition) is 2. The van der Waals surface area contributed by atoms with E-state index in [9.17, 15) is 0 Å². The lowest BCUT2D eigenvalue weighted by atomic mass is 10.1. The number of nitrogens with zero attached hydrogens (tertiary/aromatic N) is 3. The highest BCUT2D eigenvalue weighted by Gasteiger charge is 2.08. The molecular weight excluding hydrogens is 439 g/mol. The number of aliphatic imine (C=N–C) groups is 1. The quantitative estimate of drug-likeness (QED) is 0.277. The predicted molar refractivity (Wildman–Crippen MR) is 120 cm³/mol. The van der Waals surface area contributed by atoms with Gasteiger partial charge in [0, 0.05) is 39.1 Å². The van der Waals surface area contributed by atoms with E-state index < -0.39 is 0 Å². The van der Waals surface area contributed by atoms with Gasteiger partial charge >= 0.3 is 0 Å². The normalized spacial score (nSPS) is 11.0. The molecule has 0 aliphatic heterocycles. The smallest absolute Gasteiger partial charge is 0.194 e. The molecule has 0 saturated heterocycles. The molecule has 0 radical (unpaired) electrons. The van der Waals surface area contributed by atoms with E-state index in [0.717, 1.165) is 44.2 Å². The number of aryl methyl sites for hydroxylation is 2. The van der Waals surface area contributed by atoms with Gasteiger partial charge in [0.05, 0.1) is 13.7 Å². The molecule has 0 fully saturated rings. The van der Waals surface area contributed by atoms with Crippen molar-refractivity contribution in [2.24, 2.45) is 12.0 Å². The standard InChI is InChI=1S/C20H30N4O.HI/c1-5-21-20(24(3)16-18-11-8-14-23(18)2)22-13-7-10-17-9-6-12-19(15-17)25-4;/h6,8-9,11-12,14-15H,5,7,10,13,16H2,1-4H3,(H,21,22);1H. The van der Waals surface area contributed by atoms with Crippen molar-refractivity contribution < 1.29 is 4.74 Å². The minimum absolute atomic E-state index is 0. The number of nitrogens with one attached hydrogen (secondary N) is 1. The van der Waals surface area contributed by atoms with Crippen LogP contribution in [0.2, 0.25) is 0 Å². The molecule has 0 spiro atoms. The number of aromatic nitrogens is 1. The number of benzene rings is 1. The lowest BCUT2D eigenvalue weighted by molar-refractivity contribution is 0.414. The first-order valence-electron chi connectivity index (χ1n) is 8.86. The van der Waals surface area contributed by atoms with Crippen molar-refractivity contribution in [3.05, 3.63) is 53.9 Å². The second kappa shape index (κ2) is 11.8. The summed E-state index contributed by atoms with van der Waals surface area (Å²) >= 11 is 0. The Labute approximate surface area is 174 Å². The van der Waals surface area contributed by atoms with Crippen LogP contribution in [-0.4, -0.2) is 42.7 Å². The number of methoxy groups -OCH3 is 1. The molecule has 2 rings (SSSR count). The van der Waals surface area contributed by atoms with Crippen LogP contribution in [0.1, 0.15) is 24.6 Å². The molecule has 5 nitrogen and oxygen atoms in total. The summed E-state index contributed by atoms with van der Waals surface area (Å²) in [4.78, 5) is 6.94. The van der Waals surface area contributed by atoms with Crippen LogP contribution in [0, 0.1) is 0 Å². The minimum Gasteiger partial charge on any atom is -0.497 e. The van der Waals surface area contributed by atoms with Gasteiger partial charge in [0.1, 0.15) is 5.75 Å². The van der Waals surface area contributed by atoms with Crippen LogP contribution in [0.3, 0.4) is 0 Å². The average molecular weight is 470 g/mol. The van der Waals surface area contributed by atoms with Crippen molar-refractivity contribution >= 4 is 29.9 Å². The van der Waals surface area contributed by atoms with Gasteiger partial charge in [-0.3, -0.25) is 4.99 Å². The molecule has 0 unspecified atom stereocenters. The van der Waals surface area contributed by atoms with E-state index in [1.54, 1.807) is 7.11 Å². The van der Waals surface area contributed by atoms with Gasteiger partial charge in [0.15, 0.2) is 5.96 Å². The Kier molecular flexibility index (Phi) is 10.2. The number of ether oxygens (including phenoxy) is 1. The van der Waals surface area contributed by atoms with Gasteiger partial charge in [-0.25, -0.2) is 0 Å². The zero-order chi connectivity index (χ0) is 18.1. The van der Waals surface area contributed by atoms with Crippen molar-refractivity contribution in [1.82, 2.24) is 14.8 Å². The van der Waals surface area contributed by atoms with Gasteiger partial charge in [-0.05, 0) is 49.6 Å². The van der Waals surface area contributed by atoms with Crippen molar-refractivity contribution in [3.63, 3.8) is 0 Å². The maximum absolute atomic E-state index is 5.28. The second-order valence-electron chi connectivity index (χ2n) is 6.16. The van der Waals surface area contributed by atoms with Crippen molar-refractivity contribution in [2.75, 3.05) is 27.2 Å². The minimum atomic E-state index is 0. The molecule has 1 N–H and O–H groups in total. The fourth-order valence-corrected chi connectivity index (χ4v) is 2.74. The molecule has 0 saturated carbocycles. The Bertz CT molecular complexity index is 684. The lowest BCUT2D eigenvalue weighted by Gasteiger charge is -2.22. The topological polar surface area (TPSA) is 41.8 Å². The average Bonchev–Trinajstić information content (AvgIpc) is 3.02. The summed E-state index contributed by atoms with van der Waals surface area (Å²) in [7, 11) is 5.85. The third kappa shape index (κ3) is 6.90. The number of halogens is 1. The van der Waals surface area contributed by atoms with Crippen LogP contribution < -0.4 is 10.1 Å². The van der Waals surface area contributed by atoms with E-state index in [0.29, 0.717) is 0 Å². The fraction of sp³-hybridized carbons (Fsp3) is 0.450. The molecule has 0 aliphatic rings. The predicted octanol–water partition coefficient (Wildman–Crippen LogP) is 3.68. The van der Waals surface area contributed by atoms with Gasteiger partial charge in [-0.15, -0.1) is 24.0 Å². The lowest BCUT2D eigenvalue weighted by Crippen LogP contribution is -2.38. The molecule has 0 bridgehead atoms. The van der Waals surface area contributed by atoms with Crippen LogP contribution in [0.5, 0.6) is 5.75 Å². The highest BCUT2D eigenvalue weighted by molar-refractivity contribution is 14.0. The van der Waals surface area contributed by atoms with E-state index in [2.05, 4.69) is 66.3 Å². The fourth-order valence-electron chi connectivity index (χ4n) is 2.74. The van der Waals surface area contributed by atoms with E-state index in [4.69, 9.17) is 9.73 Å². The summed E-state index contributed by atoms with van der Waals surface area (Å²) in [6.07, 6.45) is 4.09. The Hall–Kier alpha value is -1.70. The molecule has 0 aliphatic carbocycles. The Morgan fingerprint density at radius 2 is 2.08 bits per heavy atom. The molecule has 0 atom stereocenters. The molecule has 1 heterocycles. The van der Waals surface area contributed by atoms with Gasteiger partial charge < -0.3 is 19.5 Å². The third-order valence-electron chi connectivity index (χ3n) is 4.17. The molecule has 0 amide bonds. The van der Waals surface area contributed by atoms with Gasteiger partial charge in [-0.2, -0.15) is 0 Å². The third-order valence-corrected chi connectivity index (χ3v) is 4.17. The largest absolute Gasteiger partial charge is 0.497 e. The van der Waals surface area contributed by atoms with Crippen LogP contribution >= 0.6 is 24.0 Å². The molecule has 26 heavy (non-hydrogen) atoms. The Morgan fingerprint density at radius 3 is 2.73 bits per heavy atom. The molecular formula is C20H31IN4O. The maximum Gasteiger partial charge on any atom is 0.194 e. The summed E-state index contributed by atoms with van der Waals surface area (Å²) in [5.41, 5.74) is 2.56. The molecule has 144 valence electrons. The summed E-state index contributed by atoms with van der Waals surface area (Å²) in [6.45, 7) is 4.61. The Balaban J connectivity index is 0.00000338. The summed E-state index contributed by atoms with van der Waals surface area (Å²) in [5, 5.41) is 3.38. The highest BCUT2D eigenvalue weighted by atomic mass is 127. The Morgan fingerprint density at radius 1 is 1.27 bits per heavy atom. The van der Waals surface area contributed by atoms with Crippen molar-refractivity contribution in [1.29, 1.82) is 0 Å². The summed E-state index contributed by atoms with van der Waals surface area (Å²) < 4.78 is 7.42. The van der Waals surface area contributed by atoms with Crippen LogP contribution in [0.25, 0.3) is 0 Å². The van der Waals surface area contributed by atoms with Crippen LogP contribution in [-0.2, 0) is 20.0 Å². The van der Waals surface area contributed by atoms with E-state index in [1.807, 2.05) is 12.1 Å². The van der Waals surface area contributed by atoms with Gasteiger partial charge in [0.25, 0.3) is 0 Å². The van der Waals surface area contributed by atoms with Gasteiger partial charge in [0.2, 0.25) is 0 Å². The van der Waals surface area contributed by atoms with E-state index >= 15 is 0 Å².